The highest BCUT2D eigenvalue weighted by Gasteiger charge is 2.37. The van der Waals surface area contributed by atoms with Gasteiger partial charge in [-0.15, -0.1) is 0 Å². The van der Waals surface area contributed by atoms with Gasteiger partial charge in [-0.25, -0.2) is 0 Å². The maximum Gasteiger partial charge on any atom is 0.255 e. The van der Waals surface area contributed by atoms with Crippen molar-refractivity contribution in [3.8, 4) is 0 Å². The Labute approximate surface area is 118 Å². The van der Waals surface area contributed by atoms with Gasteiger partial charge in [0, 0.05) is 36.9 Å². The van der Waals surface area contributed by atoms with Crippen LogP contribution >= 0.6 is 0 Å². The van der Waals surface area contributed by atoms with Crippen molar-refractivity contribution in [3.05, 3.63) is 34.2 Å². The van der Waals surface area contributed by atoms with E-state index in [2.05, 4.69) is 10.3 Å². The topological polar surface area (TPSA) is 65.2 Å². The van der Waals surface area contributed by atoms with E-state index in [0.29, 0.717) is 30.2 Å². The van der Waals surface area contributed by atoms with E-state index in [1.54, 1.807) is 6.07 Å². The van der Waals surface area contributed by atoms with Crippen LogP contribution in [0, 0.1) is 0 Å². The number of amides is 1. The predicted molar refractivity (Wildman–Crippen MR) is 76.7 cm³/mol. The van der Waals surface area contributed by atoms with Crippen LogP contribution in [0.1, 0.15) is 43.0 Å². The fraction of sp³-hybridized carbons (Fsp3) is 0.600. The number of aromatic nitrogens is 1. The third-order valence-electron chi connectivity index (χ3n) is 4.52. The number of carbonyl (C=O) groups excluding carboxylic acids is 1. The van der Waals surface area contributed by atoms with Crippen molar-refractivity contribution in [2.45, 2.75) is 50.7 Å². The molecule has 2 atom stereocenters. The number of pyridine rings is 1. The summed E-state index contributed by atoms with van der Waals surface area (Å²) in [6, 6.07) is 4.47. The van der Waals surface area contributed by atoms with E-state index in [1.165, 1.54) is 25.1 Å². The normalized spacial score (nSPS) is 28.4. The molecule has 2 saturated heterocycles. The van der Waals surface area contributed by atoms with Gasteiger partial charge in [0.2, 0.25) is 5.56 Å². The molecular formula is C15H21N3O2. The first-order valence-corrected chi connectivity index (χ1v) is 7.43. The third-order valence-corrected chi connectivity index (χ3v) is 4.52. The number of nitrogens with one attached hydrogen (secondary N) is 2. The molecule has 0 radical (unpaired) electrons. The van der Waals surface area contributed by atoms with Crippen LogP contribution in [0.3, 0.4) is 0 Å². The zero-order valence-electron chi connectivity index (χ0n) is 11.8. The van der Waals surface area contributed by atoms with Crippen molar-refractivity contribution in [2.24, 2.45) is 0 Å². The number of piperidine rings is 1. The first-order chi connectivity index (χ1) is 9.67. The lowest BCUT2D eigenvalue weighted by molar-refractivity contribution is 0.0630. The number of hydrogen-bond acceptors (Lipinski definition) is 3. The molecule has 0 saturated carbocycles. The van der Waals surface area contributed by atoms with Gasteiger partial charge in [-0.3, -0.25) is 9.59 Å². The summed E-state index contributed by atoms with van der Waals surface area (Å²) in [6.45, 7) is 2.73. The second-order valence-electron chi connectivity index (χ2n) is 5.80. The molecule has 0 aliphatic carbocycles. The van der Waals surface area contributed by atoms with Crippen LogP contribution in [0.5, 0.6) is 0 Å². The fourth-order valence-electron chi connectivity index (χ4n) is 3.56. The number of aromatic amines is 1. The number of H-pyrrole nitrogens is 1. The van der Waals surface area contributed by atoms with Crippen LogP contribution in [-0.2, 0) is 0 Å². The molecule has 2 unspecified atom stereocenters. The summed E-state index contributed by atoms with van der Waals surface area (Å²) in [4.78, 5) is 28.2. The van der Waals surface area contributed by atoms with Crippen LogP contribution in [-0.4, -0.2) is 40.5 Å². The molecule has 3 rings (SSSR count). The summed E-state index contributed by atoms with van der Waals surface area (Å²) < 4.78 is 0. The van der Waals surface area contributed by atoms with Crippen LogP contribution in [0.2, 0.25) is 0 Å². The minimum absolute atomic E-state index is 0.0232. The second-order valence-corrected chi connectivity index (χ2v) is 5.80. The Morgan fingerprint density at radius 1 is 1.30 bits per heavy atom. The van der Waals surface area contributed by atoms with E-state index in [4.69, 9.17) is 0 Å². The lowest BCUT2D eigenvalue weighted by Gasteiger charge is -2.37. The van der Waals surface area contributed by atoms with Gasteiger partial charge in [-0.05, 0) is 38.7 Å². The lowest BCUT2D eigenvalue weighted by Crippen LogP contribution is -2.50. The van der Waals surface area contributed by atoms with Crippen LogP contribution in [0.25, 0.3) is 0 Å². The van der Waals surface area contributed by atoms with Gasteiger partial charge in [0.1, 0.15) is 0 Å². The van der Waals surface area contributed by atoms with Gasteiger partial charge in [0.15, 0.2) is 0 Å². The molecule has 2 bridgehead atoms. The van der Waals surface area contributed by atoms with E-state index in [9.17, 15) is 9.59 Å². The Morgan fingerprint density at radius 2 is 2.00 bits per heavy atom. The number of hydrogen-bond donors (Lipinski definition) is 2. The minimum atomic E-state index is -0.176. The highest BCUT2D eigenvalue weighted by molar-refractivity contribution is 5.94. The summed E-state index contributed by atoms with van der Waals surface area (Å²) in [6.07, 6.45) is 6.05. The Hall–Kier alpha value is -1.62. The smallest absolute Gasteiger partial charge is 0.255 e. The Morgan fingerprint density at radius 3 is 2.55 bits per heavy atom. The maximum atomic E-state index is 12.6. The summed E-state index contributed by atoms with van der Waals surface area (Å²) in [7, 11) is 0. The van der Waals surface area contributed by atoms with Gasteiger partial charge in [-0.2, -0.15) is 0 Å². The van der Waals surface area contributed by atoms with E-state index in [0.717, 1.165) is 12.8 Å². The lowest BCUT2D eigenvalue weighted by atomic mass is 9.97. The molecular weight excluding hydrogens is 254 g/mol. The molecule has 1 aromatic rings. The average Bonchev–Trinajstić information content (AvgIpc) is 2.79. The molecule has 108 valence electrons. The van der Waals surface area contributed by atoms with Crippen molar-refractivity contribution in [1.82, 2.24) is 15.2 Å². The Balaban J connectivity index is 1.77. The SMILES string of the molecule is CCN(C(=O)c1ccc(=O)[nH]c1)C1CC2CCC(C1)N2. The molecule has 2 fully saturated rings. The summed E-state index contributed by atoms with van der Waals surface area (Å²) in [5.41, 5.74) is 0.391. The largest absolute Gasteiger partial charge is 0.336 e. The highest BCUT2D eigenvalue weighted by atomic mass is 16.2. The molecule has 2 aliphatic rings. The molecule has 0 spiro atoms. The van der Waals surface area contributed by atoms with E-state index in [-0.39, 0.29) is 11.5 Å². The zero-order valence-corrected chi connectivity index (χ0v) is 11.8. The molecule has 3 heterocycles. The zero-order chi connectivity index (χ0) is 14.1. The fourth-order valence-corrected chi connectivity index (χ4v) is 3.56. The van der Waals surface area contributed by atoms with Gasteiger partial charge in [0.25, 0.3) is 5.91 Å². The van der Waals surface area contributed by atoms with Gasteiger partial charge in [-0.1, -0.05) is 0 Å². The quantitative estimate of drug-likeness (QED) is 0.869. The van der Waals surface area contributed by atoms with Gasteiger partial charge in [0.05, 0.1) is 5.56 Å². The summed E-state index contributed by atoms with van der Waals surface area (Å²) in [5, 5.41) is 3.60. The molecule has 1 aromatic heterocycles. The predicted octanol–water partition coefficient (Wildman–Crippen LogP) is 1.12. The molecule has 1 amide bonds. The molecule has 5 heteroatoms. The Kier molecular flexibility index (Phi) is 3.61. The van der Waals surface area contributed by atoms with Crippen LogP contribution < -0.4 is 10.9 Å². The third kappa shape index (κ3) is 2.50. The van der Waals surface area contributed by atoms with E-state index in [1.807, 2.05) is 11.8 Å². The van der Waals surface area contributed by atoms with Crippen LogP contribution in [0.4, 0.5) is 0 Å². The van der Waals surface area contributed by atoms with Gasteiger partial charge < -0.3 is 15.2 Å². The summed E-state index contributed by atoms with van der Waals surface area (Å²) >= 11 is 0. The molecule has 5 nitrogen and oxygen atoms in total. The molecule has 2 aliphatic heterocycles. The minimum Gasteiger partial charge on any atom is -0.336 e. The van der Waals surface area contributed by atoms with Crippen molar-refractivity contribution < 1.29 is 4.79 Å². The first-order valence-electron chi connectivity index (χ1n) is 7.43. The van der Waals surface area contributed by atoms with E-state index < -0.39 is 0 Å². The number of fused-ring (bicyclic) bond motifs is 2. The maximum absolute atomic E-state index is 12.6. The number of rotatable bonds is 3. The molecule has 0 aromatic carbocycles. The van der Waals surface area contributed by atoms with Crippen molar-refractivity contribution in [2.75, 3.05) is 6.54 Å². The Bertz CT molecular complexity index is 522. The summed E-state index contributed by atoms with van der Waals surface area (Å²) in [5.74, 6) is 0.0232. The van der Waals surface area contributed by atoms with Crippen molar-refractivity contribution in [1.29, 1.82) is 0 Å². The highest BCUT2D eigenvalue weighted by Crippen LogP contribution is 2.30. The molecule has 20 heavy (non-hydrogen) atoms. The standard InChI is InChI=1S/C15H21N3O2/c1-2-18(13-7-11-4-5-12(8-13)17-11)15(20)10-3-6-14(19)16-9-10/h3,6,9,11-13,17H,2,4-5,7-8H2,1H3,(H,16,19). The van der Waals surface area contributed by atoms with E-state index >= 15 is 0 Å². The first kappa shape index (κ1) is 13.4. The van der Waals surface area contributed by atoms with Crippen LogP contribution in [0.15, 0.2) is 23.1 Å². The average molecular weight is 275 g/mol. The second kappa shape index (κ2) is 5.40. The van der Waals surface area contributed by atoms with Crippen molar-refractivity contribution in [3.63, 3.8) is 0 Å². The molecule has 2 N–H and O–H groups in total. The number of carbonyl (C=O) groups is 1. The van der Waals surface area contributed by atoms with Crippen molar-refractivity contribution >= 4 is 5.91 Å². The monoisotopic (exact) mass is 275 g/mol. The van der Waals surface area contributed by atoms with Gasteiger partial charge >= 0.3 is 0 Å². The number of nitrogens with zero attached hydrogens (tertiary/aromatic N) is 1.